The molecule has 5 nitrogen and oxygen atoms in total. The number of benzene rings is 1. The van der Waals surface area contributed by atoms with E-state index in [0.29, 0.717) is 18.5 Å². The summed E-state index contributed by atoms with van der Waals surface area (Å²) < 4.78 is 4.66. The quantitative estimate of drug-likeness (QED) is 0.670. The van der Waals surface area contributed by atoms with Crippen LogP contribution in [0.2, 0.25) is 0 Å². The molecular weight excluding hydrogens is 270 g/mol. The third kappa shape index (κ3) is 3.24. The Bertz CT molecular complexity index is 562. The summed E-state index contributed by atoms with van der Waals surface area (Å²) in [6.45, 7) is 2.47. The fourth-order valence-corrected chi connectivity index (χ4v) is 2.63. The van der Waals surface area contributed by atoms with Crippen molar-refractivity contribution in [1.29, 1.82) is 0 Å². The lowest BCUT2D eigenvalue weighted by molar-refractivity contribution is 0.0600. The molecule has 1 aliphatic heterocycles. The Hall–Kier alpha value is -2.30. The van der Waals surface area contributed by atoms with E-state index in [1.165, 1.54) is 17.6 Å². The van der Waals surface area contributed by atoms with E-state index in [4.69, 9.17) is 0 Å². The number of carbonyl (C=O) groups is 2. The molecule has 1 amide bonds. The number of nitrogens with zero attached hydrogens (tertiary/aromatic N) is 1. The van der Waals surface area contributed by atoms with Gasteiger partial charge in [-0.25, -0.2) is 9.59 Å². The smallest absolute Gasteiger partial charge is 0.407 e. The van der Waals surface area contributed by atoms with Crippen LogP contribution in [0.5, 0.6) is 0 Å². The molecule has 1 N–H and O–H groups in total. The second kappa shape index (κ2) is 6.43. The summed E-state index contributed by atoms with van der Waals surface area (Å²) >= 11 is 0. The number of carboxylic acid groups (broad SMARTS) is 1. The average Bonchev–Trinajstić information content (AvgIpc) is 2.53. The molecule has 1 fully saturated rings. The van der Waals surface area contributed by atoms with Crippen molar-refractivity contribution in [2.75, 3.05) is 13.7 Å². The minimum absolute atomic E-state index is 0.200. The molecule has 1 atom stereocenters. The SMILES string of the molecule is CC=C1CCN(C(=O)O)C(c2ccc(C(=O)OC)cc2)C1. The first-order valence-electron chi connectivity index (χ1n) is 6.88. The Labute approximate surface area is 123 Å². The van der Waals surface area contributed by atoms with Gasteiger partial charge in [-0.15, -0.1) is 0 Å². The molecule has 2 rings (SSSR count). The Balaban J connectivity index is 2.27. The van der Waals surface area contributed by atoms with Gasteiger partial charge in [0.2, 0.25) is 0 Å². The lowest BCUT2D eigenvalue weighted by atomic mass is 9.91. The molecule has 0 aromatic heterocycles. The zero-order valence-electron chi connectivity index (χ0n) is 12.2. The van der Waals surface area contributed by atoms with Gasteiger partial charge in [-0.3, -0.25) is 0 Å². The number of amides is 1. The van der Waals surface area contributed by atoms with Crippen LogP contribution >= 0.6 is 0 Å². The number of rotatable bonds is 2. The highest BCUT2D eigenvalue weighted by molar-refractivity contribution is 5.89. The Kier molecular flexibility index (Phi) is 4.62. The van der Waals surface area contributed by atoms with Crippen LogP contribution in [-0.2, 0) is 4.74 Å². The van der Waals surface area contributed by atoms with Gasteiger partial charge in [0.1, 0.15) is 0 Å². The number of methoxy groups -OCH3 is 1. The summed E-state index contributed by atoms with van der Waals surface area (Å²) in [7, 11) is 1.34. The number of ether oxygens (including phenoxy) is 1. The highest BCUT2D eigenvalue weighted by Gasteiger charge is 2.29. The van der Waals surface area contributed by atoms with Gasteiger partial charge >= 0.3 is 12.1 Å². The van der Waals surface area contributed by atoms with Crippen LogP contribution in [0, 0.1) is 0 Å². The van der Waals surface area contributed by atoms with Gasteiger partial charge in [0.05, 0.1) is 18.7 Å². The Morgan fingerprint density at radius 2 is 2.00 bits per heavy atom. The van der Waals surface area contributed by atoms with Gasteiger partial charge in [-0.05, 0) is 37.5 Å². The first-order valence-corrected chi connectivity index (χ1v) is 6.88. The molecule has 0 aliphatic carbocycles. The van der Waals surface area contributed by atoms with Crippen molar-refractivity contribution in [1.82, 2.24) is 4.90 Å². The fourth-order valence-electron chi connectivity index (χ4n) is 2.63. The van der Waals surface area contributed by atoms with Crippen LogP contribution in [0.1, 0.15) is 41.7 Å². The summed E-state index contributed by atoms with van der Waals surface area (Å²) in [5.41, 5.74) is 2.61. The van der Waals surface area contributed by atoms with E-state index in [-0.39, 0.29) is 6.04 Å². The van der Waals surface area contributed by atoms with E-state index in [0.717, 1.165) is 12.0 Å². The molecule has 21 heavy (non-hydrogen) atoms. The largest absolute Gasteiger partial charge is 0.465 e. The van der Waals surface area contributed by atoms with E-state index in [2.05, 4.69) is 10.8 Å². The number of hydrogen-bond donors (Lipinski definition) is 1. The lowest BCUT2D eigenvalue weighted by Crippen LogP contribution is -2.38. The van der Waals surface area contributed by atoms with Crippen LogP contribution in [-0.4, -0.2) is 35.7 Å². The molecule has 0 radical (unpaired) electrons. The molecular formula is C16H19NO4. The van der Waals surface area contributed by atoms with Crippen molar-refractivity contribution in [3.63, 3.8) is 0 Å². The topological polar surface area (TPSA) is 66.8 Å². The molecule has 5 heteroatoms. The van der Waals surface area contributed by atoms with E-state index >= 15 is 0 Å². The molecule has 0 bridgehead atoms. The van der Waals surface area contributed by atoms with Crippen LogP contribution < -0.4 is 0 Å². The van der Waals surface area contributed by atoms with Crippen molar-refractivity contribution in [2.24, 2.45) is 0 Å². The molecule has 1 heterocycles. The maximum absolute atomic E-state index is 11.4. The zero-order chi connectivity index (χ0) is 15.4. The van der Waals surface area contributed by atoms with Crippen molar-refractivity contribution in [3.8, 4) is 0 Å². The summed E-state index contributed by atoms with van der Waals surface area (Å²) in [4.78, 5) is 24.3. The van der Waals surface area contributed by atoms with E-state index in [9.17, 15) is 14.7 Å². The molecule has 1 saturated heterocycles. The van der Waals surface area contributed by atoms with Gasteiger partial charge in [0.15, 0.2) is 0 Å². The summed E-state index contributed by atoms with van der Waals surface area (Å²) in [5.74, 6) is -0.394. The minimum atomic E-state index is -0.910. The Morgan fingerprint density at radius 1 is 1.33 bits per heavy atom. The maximum Gasteiger partial charge on any atom is 0.407 e. The van der Waals surface area contributed by atoms with Crippen molar-refractivity contribution in [2.45, 2.75) is 25.8 Å². The zero-order valence-corrected chi connectivity index (χ0v) is 12.2. The molecule has 112 valence electrons. The summed E-state index contributed by atoms with van der Waals surface area (Å²) in [5, 5.41) is 9.34. The maximum atomic E-state index is 11.4. The van der Waals surface area contributed by atoms with Crippen molar-refractivity contribution < 1.29 is 19.4 Å². The molecule has 1 aromatic carbocycles. The molecule has 1 aliphatic rings. The highest BCUT2D eigenvalue weighted by atomic mass is 16.5. The van der Waals surface area contributed by atoms with Gasteiger partial charge in [-0.1, -0.05) is 23.8 Å². The molecule has 0 saturated carbocycles. The molecule has 1 unspecified atom stereocenters. The number of esters is 1. The average molecular weight is 289 g/mol. The second-order valence-corrected chi connectivity index (χ2v) is 5.01. The van der Waals surface area contributed by atoms with Gasteiger partial charge in [-0.2, -0.15) is 0 Å². The number of hydrogen-bond acceptors (Lipinski definition) is 3. The second-order valence-electron chi connectivity index (χ2n) is 5.01. The third-order valence-corrected chi connectivity index (χ3v) is 3.88. The van der Waals surface area contributed by atoms with E-state index in [1.807, 2.05) is 6.92 Å². The number of allylic oxidation sites excluding steroid dienone is 1. The number of piperidine rings is 1. The Morgan fingerprint density at radius 3 is 2.52 bits per heavy atom. The van der Waals surface area contributed by atoms with E-state index in [1.54, 1.807) is 24.3 Å². The van der Waals surface area contributed by atoms with Crippen LogP contribution in [0.4, 0.5) is 4.79 Å². The first kappa shape index (κ1) is 15.1. The lowest BCUT2D eigenvalue weighted by Gasteiger charge is -2.35. The van der Waals surface area contributed by atoms with Crippen molar-refractivity contribution in [3.05, 3.63) is 47.0 Å². The summed E-state index contributed by atoms with van der Waals surface area (Å²) in [6.07, 6.45) is 2.61. The van der Waals surface area contributed by atoms with Crippen LogP contribution in [0.3, 0.4) is 0 Å². The number of carbonyl (C=O) groups excluding carboxylic acids is 1. The van der Waals surface area contributed by atoms with E-state index < -0.39 is 12.1 Å². The molecule has 1 aromatic rings. The predicted octanol–water partition coefficient (Wildman–Crippen LogP) is 3.23. The predicted molar refractivity (Wildman–Crippen MR) is 78.2 cm³/mol. The van der Waals surface area contributed by atoms with Crippen LogP contribution in [0.15, 0.2) is 35.9 Å². The van der Waals surface area contributed by atoms with Gasteiger partial charge in [0.25, 0.3) is 0 Å². The van der Waals surface area contributed by atoms with Gasteiger partial charge in [0, 0.05) is 6.54 Å². The summed E-state index contributed by atoms with van der Waals surface area (Å²) in [6, 6.07) is 6.74. The molecule has 0 spiro atoms. The van der Waals surface area contributed by atoms with Crippen LogP contribution in [0.25, 0.3) is 0 Å². The third-order valence-electron chi connectivity index (χ3n) is 3.88. The standard InChI is InChI=1S/C16H19NO4/c1-3-11-8-9-17(16(19)20)14(10-11)12-4-6-13(7-5-12)15(18)21-2/h3-7,14H,8-10H2,1-2H3,(H,19,20). The fraction of sp³-hybridized carbons (Fsp3) is 0.375. The normalized spacial score (nSPS) is 20.4. The van der Waals surface area contributed by atoms with Gasteiger partial charge < -0.3 is 14.7 Å². The minimum Gasteiger partial charge on any atom is -0.465 e. The highest BCUT2D eigenvalue weighted by Crippen LogP contribution is 2.34. The number of likely N-dealkylation sites (tertiary alicyclic amines) is 1. The van der Waals surface area contributed by atoms with Crippen molar-refractivity contribution >= 4 is 12.1 Å². The monoisotopic (exact) mass is 289 g/mol. The first-order chi connectivity index (χ1) is 10.1.